The summed E-state index contributed by atoms with van der Waals surface area (Å²) < 4.78 is 0. The molecular weight excluding hydrogens is 604 g/mol. The number of halogens is 1. The molecule has 0 saturated heterocycles. The molecule has 0 nitrogen and oxygen atoms in total. The third kappa shape index (κ3) is 5.81. The maximum atomic E-state index is 8.73. The zero-order chi connectivity index (χ0) is 33.6. The van der Waals surface area contributed by atoms with Gasteiger partial charge in [-0.15, -0.1) is 11.1 Å². The van der Waals surface area contributed by atoms with Gasteiger partial charge in [-0.1, -0.05) is 126 Å². The number of benzene rings is 6. The van der Waals surface area contributed by atoms with Crippen LogP contribution in [-0.4, -0.2) is 7.38 Å². The van der Waals surface area contributed by atoms with Crippen LogP contribution in [0.3, 0.4) is 0 Å². The highest BCUT2D eigenvalue weighted by Gasteiger charge is 2.44. The van der Waals surface area contributed by atoms with E-state index in [4.69, 9.17) is 11.1 Å². The maximum Gasteiger partial charge on any atom is 0.249 e. The van der Waals surface area contributed by atoms with Crippen LogP contribution in [0.25, 0.3) is 33.4 Å². The molecule has 0 atom stereocenters. The Balaban J connectivity index is 1.79. The predicted octanol–water partition coefficient (Wildman–Crippen LogP) is 10.7. The predicted molar refractivity (Wildman–Crippen MR) is 209 cm³/mol. The van der Waals surface area contributed by atoms with Gasteiger partial charge < -0.3 is 0 Å². The Morgan fingerprint density at radius 1 is 0.340 bits per heavy atom. The third-order valence-corrected chi connectivity index (χ3v) is 15.1. The first kappa shape index (κ1) is 32.8. The van der Waals surface area contributed by atoms with Crippen LogP contribution < -0.4 is 15.6 Å². The average molecular weight is 649 g/mol. The van der Waals surface area contributed by atoms with Crippen molar-refractivity contribution in [2.45, 2.75) is 62.3 Å². The van der Waals surface area contributed by atoms with Crippen LogP contribution >= 0.6 is 11.1 Å². The molecule has 0 unspecified atom stereocenters. The molecule has 0 N–H and O–H groups in total. The minimum absolute atomic E-state index is 1.22. The second-order valence-electron chi connectivity index (χ2n) is 13.6. The summed E-state index contributed by atoms with van der Waals surface area (Å²) in [4.78, 5) is 0. The van der Waals surface area contributed by atoms with Gasteiger partial charge in [0.25, 0.3) is 0 Å². The smallest absolute Gasteiger partial charge is 0.149 e. The Morgan fingerprint density at radius 2 is 0.553 bits per heavy atom. The normalized spacial score (nSPS) is 11.6. The van der Waals surface area contributed by atoms with Gasteiger partial charge in [-0.3, -0.25) is 0 Å². The summed E-state index contributed by atoms with van der Waals surface area (Å²) in [5, 5.41) is 3.67. The average Bonchev–Trinajstić information content (AvgIpc) is 3.00. The van der Waals surface area contributed by atoms with Crippen LogP contribution in [0.1, 0.15) is 50.1 Å². The molecule has 0 aromatic heterocycles. The van der Waals surface area contributed by atoms with Gasteiger partial charge in [0.1, 0.15) is 0 Å². The van der Waals surface area contributed by atoms with Gasteiger partial charge in [0, 0.05) is 0 Å². The van der Waals surface area contributed by atoms with E-state index in [0.717, 1.165) is 0 Å². The zero-order valence-corrected chi connectivity index (χ0v) is 31.0. The molecule has 0 aliphatic rings. The van der Waals surface area contributed by atoms with Crippen molar-refractivity contribution in [1.82, 2.24) is 0 Å². The first-order chi connectivity index (χ1) is 22.4. The summed E-state index contributed by atoms with van der Waals surface area (Å²) in [5.41, 5.74) is 19.0. The molecule has 0 heterocycles. The Morgan fingerprint density at radius 3 is 0.787 bits per heavy atom. The number of hydrogen-bond acceptors (Lipinski definition) is 0. The monoisotopic (exact) mass is 648 g/mol. The van der Waals surface area contributed by atoms with E-state index < -0.39 is 7.38 Å². The summed E-state index contributed by atoms with van der Waals surface area (Å²) >= 11 is 8.73. The summed E-state index contributed by atoms with van der Waals surface area (Å²) in [5.74, 6) is 0. The van der Waals surface area contributed by atoms with Gasteiger partial charge in [-0.2, -0.15) is 0 Å². The molecule has 6 rings (SSSR count). The first-order valence-corrected chi connectivity index (χ1v) is 19.6. The fourth-order valence-corrected chi connectivity index (χ4v) is 13.3. The van der Waals surface area contributed by atoms with Crippen LogP contribution in [0.2, 0.25) is 0 Å². The molecule has 236 valence electrons. The van der Waals surface area contributed by atoms with E-state index in [0.29, 0.717) is 0 Å². The van der Waals surface area contributed by atoms with E-state index in [1.807, 2.05) is 0 Å². The van der Waals surface area contributed by atoms with Gasteiger partial charge in [0.05, 0.1) is 0 Å². The molecule has 0 spiro atoms. The van der Waals surface area contributed by atoms with Crippen molar-refractivity contribution in [2.24, 2.45) is 0 Å². The lowest BCUT2D eigenvalue weighted by molar-refractivity contribution is 1.32. The van der Waals surface area contributed by atoms with Crippen molar-refractivity contribution in [3.8, 4) is 33.4 Å². The van der Waals surface area contributed by atoms with E-state index in [1.165, 1.54) is 99.0 Å². The molecule has 6 aromatic rings. The van der Waals surface area contributed by atoms with Crippen LogP contribution in [-0.2, 0) is 0 Å². The number of hydrogen-bond donors (Lipinski definition) is 0. The Hall–Kier alpha value is -4.17. The quantitative estimate of drug-likeness (QED) is 0.0957. The van der Waals surface area contributed by atoms with Crippen LogP contribution in [0.4, 0.5) is 0 Å². The van der Waals surface area contributed by atoms with E-state index in [-0.39, 0.29) is 0 Å². The van der Waals surface area contributed by atoms with Gasteiger partial charge in [0.2, 0.25) is 7.38 Å². The fourth-order valence-electron chi connectivity index (χ4n) is 8.25. The second-order valence-corrected chi connectivity index (χ2v) is 18.3. The fraction of sp³-hybridized carbons (Fsp3) is 0.200. The highest BCUT2D eigenvalue weighted by atomic mass is 35.6. The largest absolute Gasteiger partial charge is 0.249 e. The Bertz CT molecular complexity index is 1840. The first-order valence-electron chi connectivity index (χ1n) is 16.6. The summed E-state index contributed by atoms with van der Waals surface area (Å²) in [6, 6.07) is 40.7. The van der Waals surface area contributed by atoms with Gasteiger partial charge in [-0.25, -0.2) is 0 Å². The number of rotatable bonds is 6. The van der Waals surface area contributed by atoms with Crippen LogP contribution in [0.5, 0.6) is 0 Å². The molecule has 0 bridgehead atoms. The van der Waals surface area contributed by atoms with E-state index in [1.54, 1.807) is 0 Å². The van der Waals surface area contributed by atoms with Crippen LogP contribution in [0.15, 0.2) is 109 Å². The van der Waals surface area contributed by atoms with Gasteiger partial charge in [-0.05, 0) is 145 Å². The van der Waals surface area contributed by atoms with Gasteiger partial charge >= 0.3 is 0 Å². The van der Waals surface area contributed by atoms with E-state index in [2.05, 4.69) is 172 Å². The Labute approximate surface area is 287 Å². The maximum absolute atomic E-state index is 8.73. The molecule has 0 fully saturated rings. The molecule has 0 saturated carbocycles. The van der Waals surface area contributed by atoms with Crippen molar-refractivity contribution in [3.05, 3.63) is 159 Å². The lowest BCUT2D eigenvalue weighted by Crippen LogP contribution is -2.64. The van der Waals surface area contributed by atoms with E-state index in [9.17, 15) is 0 Å². The van der Waals surface area contributed by atoms with Crippen molar-refractivity contribution < 1.29 is 0 Å². The molecular formula is C45H45ClSi. The zero-order valence-electron chi connectivity index (χ0n) is 29.3. The summed E-state index contributed by atoms with van der Waals surface area (Å²) in [6.07, 6.45) is 0. The van der Waals surface area contributed by atoms with Crippen LogP contribution in [0, 0.1) is 62.3 Å². The molecule has 6 aromatic carbocycles. The topological polar surface area (TPSA) is 0 Å². The lowest BCUT2D eigenvalue weighted by Gasteiger charge is -2.34. The highest BCUT2D eigenvalue weighted by molar-refractivity contribution is 7.41. The molecule has 0 amide bonds. The van der Waals surface area contributed by atoms with Crippen molar-refractivity contribution in [3.63, 3.8) is 0 Å². The standard InChI is InChI=1S/C45H45ClSi/c1-28-22-31(4)43(32(5)23-28)37-16-10-13-19-40(37)47(46,41-20-14-11-17-38(41)44-33(6)24-29(2)25-34(44)7)42-21-15-12-18-39(42)45-35(8)26-30(3)27-36(45)9/h10-27H,1-9H3. The van der Waals surface area contributed by atoms with E-state index >= 15 is 0 Å². The highest BCUT2D eigenvalue weighted by Crippen LogP contribution is 2.36. The summed E-state index contributed by atoms with van der Waals surface area (Å²) in [7, 11) is -3.27. The second kappa shape index (κ2) is 12.8. The van der Waals surface area contributed by atoms with Crippen molar-refractivity contribution in [2.75, 3.05) is 0 Å². The molecule has 2 heteroatoms. The molecule has 0 aliphatic heterocycles. The van der Waals surface area contributed by atoms with Gasteiger partial charge in [0.15, 0.2) is 0 Å². The van der Waals surface area contributed by atoms with Crippen molar-refractivity contribution >= 4 is 34.0 Å². The minimum atomic E-state index is -3.27. The minimum Gasteiger partial charge on any atom is -0.149 e. The lowest BCUT2D eigenvalue weighted by atomic mass is 9.93. The Kier molecular flexibility index (Phi) is 8.91. The third-order valence-electron chi connectivity index (χ3n) is 9.73. The summed E-state index contributed by atoms with van der Waals surface area (Å²) in [6.45, 7) is 20.0. The SMILES string of the molecule is Cc1cc(C)c(-c2ccccc2[Si](Cl)(c2ccccc2-c2c(C)cc(C)cc2C)c2ccccc2-c2c(C)cc(C)cc2C)c(C)c1. The molecule has 0 radical (unpaired) electrons. The molecule has 47 heavy (non-hydrogen) atoms. The van der Waals surface area contributed by atoms with Crippen molar-refractivity contribution in [1.29, 1.82) is 0 Å². The molecule has 0 aliphatic carbocycles. The number of aryl methyl sites for hydroxylation is 9.